The van der Waals surface area contributed by atoms with Crippen molar-refractivity contribution in [1.29, 1.82) is 0 Å². The van der Waals surface area contributed by atoms with Gasteiger partial charge in [0.15, 0.2) is 0 Å². The molecule has 1 aromatic heterocycles. The molecule has 1 N–H and O–H groups in total. The number of para-hydroxylation sites is 1. The van der Waals surface area contributed by atoms with Gasteiger partial charge in [0, 0.05) is 22.1 Å². The standard InChI is InChI=1S/C34H23NO/c1-2-7-26-22-27(13-12-23(26)6-1)24-14-18-28(19-15-24)35-29-20-16-25(17-21-29)30-9-5-11-33-34(30)31-8-3-4-10-32(31)36-33/h1-22,35H. The molecule has 0 unspecified atom stereocenters. The van der Waals surface area contributed by atoms with E-state index in [1.807, 2.05) is 18.2 Å². The zero-order chi connectivity index (χ0) is 23.9. The van der Waals surface area contributed by atoms with Gasteiger partial charge in [-0.05, 0) is 75.5 Å². The second kappa shape index (κ2) is 8.44. The summed E-state index contributed by atoms with van der Waals surface area (Å²) in [5.74, 6) is 0. The third-order valence-corrected chi connectivity index (χ3v) is 6.85. The van der Waals surface area contributed by atoms with Crippen molar-refractivity contribution in [2.24, 2.45) is 0 Å². The molecule has 0 saturated heterocycles. The Morgan fingerprint density at radius 3 is 1.89 bits per heavy atom. The lowest BCUT2D eigenvalue weighted by molar-refractivity contribution is 0.669. The molecule has 0 bridgehead atoms. The van der Waals surface area contributed by atoms with Crippen LogP contribution in [-0.2, 0) is 0 Å². The van der Waals surface area contributed by atoms with Crippen LogP contribution in [0.15, 0.2) is 138 Å². The van der Waals surface area contributed by atoms with E-state index >= 15 is 0 Å². The number of rotatable bonds is 4. The van der Waals surface area contributed by atoms with Gasteiger partial charge in [0.2, 0.25) is 0 Å². The maximum absolute atomic E-state index is 6.07. The van der Waals surface area contributed by atoms with Gasteiger partial charge < -0.3 is 9.73 Å². The number of fused-ring (bicyclic) bond motifs is 4. The molecule has 0 saturated carbocycles. The largest absolute Gasteiger partial charge is 0.456 e. The number of nitrogens with one attached hydrogen (secondary N) is 1. The van der Waals surface area contributed by atoms with Gasteiger partial charge in [-0.15, -0.1) is 0 Å². The molecule has 2 nitrogen and oxygen atoms in total. The van der Waals surface area contributed by atoms with Crippen molar-refractivity contribution in [3.63, 3.8) is 0 Å². The van der Waals surface area contributed by atoms with Crippen LogP contribution < -0.4 is 5.32 Å². The Labute approximate surface area is 209 Å². The first kappa shape index (κ1) is 20.5. The Balaban J connectivity index is 1.15. The van der Waals surface area contributed by atoms with Crippen molar-refractivity contribution >= 4 is 44.1 Å². The van der Waals surface area contributed by atoms with Crippen LogP contribution in [0, 0.1) is 0 Å². The molecule has 0 amide bonds. The summed E-state index contributed by atoms with van der Waals surface area (Å²) in [6, 6.07) is 46.8. The van der Waals surface area contributed by atoms with Crippen LogP contribution in [-0.4, -0.2) is 0 Å². The van der Waals surface area contributed by atoms with Crippen LogP contribution in [0.4, 0.5) is 11.4 Å². The Hall–Kier alpha value is -4.82. The van der Waals surface area contributed by atoms with Crippen LogP contribution in [0.3, 0.4) is 0 Å². The van der Waals surface area contributed by atoms with Crippen molar-refractivity contribution < 1.29 is 4.42 Å². The SMILES string of the molecule is c1ccc2cc(-c3ccc(Nc4ccc(-c5cccc6oc7ccccc7c56)cc4)cc3)ccc2c1. The maximum atomic E-state index is 6.07. The first-order chi connectivity index (χ1) is 17.8. The van der Waals surface area contributed by atoms with Gasteiger partial charge in [0.1, 0.15) is 11.2 Å². The molecule has 170 valence electrons. The van der Waals surface area contributed by atoms with E-state index in [-0.39, 0.29) is 0 Å². The van der Waals surface area contributed by atoms with E-state index < -0.39 is 0 Å². The summed E-state index contributed by atoms with van der Waals surface area (Å²) in [7, 11) is 0. The lowest BCUT2D eigenvalue weighted by Gasteiger charge is -2.10. The molecular formula is C34H23NO. The Kier molecular flexibility index (Phi) is 4.82. The second-order valence-corrected chi connectivity index (χ2v) is 9.12. The molecular weight excluding hydrogens is 438 g/mol. The van der Waals surface area contributed by atoms with Crippen LogP contribution in [0.2, 0.25) is 0 Å². The second-order valence-electron chi connectivity index (χ2n) is 9.12. The van der Waals surface area contributed by atoms with E-state index in [2.05, 4.69) is 121 Å². The van der Waals surface area contributed by atoms with E-state index in [9.17, 15) is 0 Å². The lowest BCUT2D eigenvalue weighted by atomic mass is 9.99. The van der Waals surface area contributed by atoms with Gasteiger partial charge in [-0.3, -0.25) is 0 Å². The predicted molar refractivity (Wildman–Crippen MR) is 152 cm³/mol. The highest BCUT2D eigenvalue weighted by molar-refractivity contribution is 6.12. The minimum Gasteiger partial charge on any atom is -0.456 e. The summed E-state index contributed by atoms with van der Waals surface area (Å²) in [6.07, 6.45) is 0. The van der Waals surface area contributed by atoms with Gasteiger partial charge in [-0.2, -0.15) is 0 Å². The third kappa shape index (κ3) is 3.60. The smallest absolute Gasteiger partial charge is 0.136 e. The summed E-state index contributed by atoms with van der Waals surface area (Å²) >= 11 is 0. The molecule has 0 spiro atoms. The highest BCUT2D eigenvalue weighted by Gasteiger charge is 2.12. The molecule has 0 fully saturated rings. The molecule has 0 radical (unpaired) electrons. The summed E-state index contributed by atoms with van der Waals surface area (Å²) in [4.78, 5) is 0. The Bertz CT molecular complexity index is 1840. The quantitative estimate of drug-likeness (QED) is 0.282. The first-order valence-corrected chi connectivity index (χ1v) is 12.2. The number of anilines is 2. The average Bonchev–Trinajstić information content (AvgIpc) is 3.33. The first-order valence-electron chi connectivity index (χ1n) is 12.2. The fourth-order valence-corrected chi connectivity index (χ4v) is 5.03. The molecule has 2 heteroatoms. The molecule has 7 rings (SSSR count). The molecule has 0 aliphatic rings. The van der Waals surface area contributed by atoms with Gasteiger partial charge in [-0.1, -0.05) is 91.0 Å². The predicted octanol–water partition coefficient (Wildman–Crippen LogP) is 9.82. The average molecular weight is 462 g/mol. The normalized spacial score (nSPS) is 11.3. The summed E-state index contributed by atoms with van der Waals surface area (Å²) in [6.45, 7) is 0. The summed E-state index contributed by atoms with van der Waals surface area (Å²) < 4.78 is 6.07. The fourth-order valence-electron chi connectivity index (χ4n) is 5.03. The van der Waals surface area contributed by atoms with Crippen LogP contribution in [0.1, 0.15) is 0 Å². The Morgan fingerprint density at radius 2 is 1.08 bits per heavy atom. The van der Waals surface area contributed by atoms with Crippen LogP contribution in [0.25, 0.3) is 55.0 Å². The third-order valence-electron chi connectivity index (χ3n) is 6.85. The molecule has 36 heavy (non-hydrogen) atoms. The molecule has 0 atom stereocenters. The van der Waals surface area contributed by atoms with Crippen molar-refractivity contribution in [2.75, 3.05) is 5.32 Å². The zero-order valence-corrected chi connectivity index (χ0v) is 19.6. The molecule has 7 aromatic rings. The van der Waals surface area contributed by atoms with Gasteiger partial charge in [0.05, 0.1) is 0 Å². The van der Waals surface area contributed by atoms with Gasteiger partial charge >= 0.3 is 0 Å². The van der Waals surface area contributed by atoms with Crippen molar-refractivity contribution in [3.8, 4) is 22.3 Å². The number of furan rings is 1. The summed E-state index contributed by atoms with van der Waals surface area (Å²) in [5, 5.41) is 8.37. The number of hydrogen-bond acceptors (Lipinski definition) is 2. The Morgan fingerprint density at radius 1 is 0.444 bits per heavy atom. The van der Waals surface area contributed by atoms with Gasteiger partial charge in [-0.25, -0.2) is 0 Å². The summed E-state index contributed by atoms with van der Waals surface area (Å²) in [5.41, 5.74) is 8.75. The molecule has 1 heterocycles. The van der Waals surface area contributed by atoms with E-state index in [1.165, 1.54) is 33.0 Å². The monoisotopic (exact) mass is 461 g/mol. The van der Waals surface area contributed by atoms with E-state index in [0.29, 0.717) is 0 Å². The highest BCUT2D eigenvalue weighted by Crippen LogP contribution is 2.37. The van der Waals surface area contributed by atoms with E-state index in [0.717, 1.165) is 33.3 Å². The van der Waals surface area contributed by atoms with Crippen LogP contribution >= 0.6 is 0 Å². The highest BCUT2D eigenvalue weighted by atomic mass is 16.3. The van der Waals surface area contributed by atoms with E-state index in [1.54, 1.807) is 0 Å². The topological polar surface area (TPSA) is 25.2 Å². The van der Waals surface area contributed by atoms with Crippen LogP contribution in [0.5, 0.6) is 0 Å². The minimum atomic E-state index is 0.919. The molecule has 6 aromatic carbocycles. The zero-order valence-electron chi connectivity index (χ0n) is 19.6. The molecule has 0 aliphatic carbocycles. The number of hydrogen-bond donors (Lipinski definition) is 1. The minimum absolute atomic E-state index is 0.919. The maximum Gasteiger partial charge on any atom is 0.136 e. The number of benzene rings is 6. The van der Waals surface area contributed by atoms with Crippen molar-refractivity contribution in [3.05, 3.63) is 133 Å². The fraction of sp³-hybridized carbons (Fsp3) is 0. The van der Waals surface area contributed by atoms with Gasteiger partial charge in [0.25, 0.3) is 0 Å². The van der Waals surface area contributed by atoms with Crippen molar-refractivity contribution in [1.82, 2.24) is 0 Å². The molecule has 0 aliphatic heterocycles. The lowest BCUT2D eigenvalue weighted by Crippen LogP contribution is -1.90. The van der Waals surface area contributed by atoms with Crippen molar-refractivity contribution in [2.45, 2.75) is 0 Å². The van der Waals surface area contributed by atoms with E-state index in [4.69, 9.17) is 4.42 Å².